The highest BCUT2D eigenvalue weighted by Gasteiger charge is 2.31. The molecular formula is C32H31NO. The van der Waals surface area contributed by atoms with Crippen molar-refractivity contribution >= 4 is 11.4 Å². The molecule has 3 aromatic carbocycles. The van der Waals surface area contributed by atoms with Gasteiger partial charge in [-0.3, -0.25) is 0 Å². The largest absolute Gasteiger partial charge is 0.460 e. The average Bonchev–Trinajstić information content (AvgIpc) is 3.28. The molecule has 0 aromatic heterocycles. The van der Waals surface area contributed by atoms with E-state index in [-0.39, 0.29) is 0 Å². The van der Waals surface area contributed by atoms with Gasteiger partial charge in [-0.25, -0.2) is 0 Å². The molecular weight excluding hydrogens is 414 g/mol. The highest BCUT2D eigenvalue weighted by molar-refractivity contribution is 5.77. The molecule has 1 heterocycles. The summed E-state index contributed by atoms with van der Waals surface area (Å²) in [6.45, 7) is 3.01. The lowest BCUT2D eigenvalue weighted by atomic mass is 9.90. The maximum absolute atomic E-state index is 6.32. The van der Waals surface area contributed by atoms with Gasteiger partial charge < -0.3 is 9.64 Å². The molecule has 34 heavy (non-hydrogen) atoms. The van der Waals surface area contributed by atoms with Crippen molar-refractivity contribution in [1.82, 2.24) is 0 Å². The predicted octanol–water partition coefficient (Wildman–Crippen LogP) is 8.72. The highest BCUT2D eigenvalue weighted by atomic mass is 16.5. The van der Waals surface area contributed by atoms with Gasteiger partial charge in [-0.15, -0.1) is 0 Å². The van der Waals surface area contributed by atoms with Crippen LogP contribution in [0.25, 0.3) is 11.1 Å². The van der Waals surface area contributed by atoms with E-state index in [0.717, 1.165) is 36.5 Å². The second kappa shape index (κ2) is 10.4. The van der Waals surface area contributed by atoms with Gasteiger partial charge in [0.1, 0.15) is 11.5 Å². The van der Waals surface area contributed by atoms with E-state index in [1.165, 1.54) is 28.9 Å². The molecule has 5 rings (SSSR count). The third-order valence-corrected chi connectivity index (χ3v) is 6.44. The first-order valence-electron chi connectivity index (χ1n) is 12.3. The number of rotatable bonds is 8. The van der Waals surface area contributed by atoms with Crippen LogP contribution in [0.3, 0.4) is 0 Å². The minimum Gasteiger partial charge on any atom is -0.460 e. The Hall–Kier alpha value is -3.78. The molecule has 0 saturated carbocycles. The third-order valence-electron chi connectivity index (χ3n) is 6.44. The van der Waals surface area contributed by atoms with Crippen molar-refractivity contribution in [2.45, 2.75) is 32.1 Å². The van der Waals surface area contributed by atoms with Crippen LogP contribution in [-0.4, -0.2) is 6.54 Å². The van der Waals surface area contributed by atoms with Crippen LogP contribution < -0.4 is 9.64 Å². The van der Waals surface area contributed by atoms with Crippen LogP contribution in [0.5, 0.6) is 5.75 Å². The summed E-state index contributed by atoms with van der Waals surface area (Å²) in [4.78, 5) is 2.34. The Morgan fingerprint density at radius 1 is 0.882 bits per heavy atom. The number of anilines is 2. The number of unbranched alkanes of at least 4 members (excludes halogenated alkanes) is 1. The first-order chi connectivity index (χ1) is 16.8. The maximum atomic E-state index is 6.32. The minimum atomic E-state index is 0.353. The quantitative estimate of drug-likeness (QED) is 0.321. The average molecular weight is 446 g/mol. The lowest BCUT2D eigenvalue weighted by molar-refractivity contribution is 0.426. The predicted molar refractivity (Wildman–Crippen MR) is 144 cm³/mol. The minimum absolute atomic E-state index is 0.353. The summed E-state index contributed by atoms with van der Waals surface area (Å²) in [6.07, 6.45) is 18.5. The maximum Gasteiger partial charge on any atom is 0.138 e. The molecule has 0 N–H and O–H groups in total. The SMILES string of the molecule is CCC/C=C\C=C/CN(c1ccccc1)c1ccc(-c2cccc3c2OC2=CC=CCC23)cc1. The van der Waals surface area contributed by atoms with Crippen LogP contribution in [0.4, 0.5) is 11.4 Å². The van der Waals surface area contributed by atoms with E-state index in [9.17, 15) is 0 Å². The molecule has 0 amide bonds. The van der Waals surface area contributed by atoms with Crippen LogP contribution in [0, 0.1) is 0 Å². The van der Waals surface area contributed by atoms with Gasteiger partial charge in [0.05, 0.1) is 0 Å². The van der Waals surface area contributed by atoms with E-state index >= 15 is 0 Å². The normalized spacial score (nSPS) is 16.4. The van der Waals surface area contributed by atoms with Crippen LogP contribution >= 0.6 is 0 Å². The van der Waals surface area contributed by atoms with Crippen molar-refractivity contribution < 1.29 is 4.74 Å². The summed E-state index contributed by atoms with van der Waals surface area (Å²) in [7, 11) is 0. The van der Waals surface area contributed by atoms with Gasteiger partial charge in [0.25, 0.3) is 0 Å². The van der Waals surface area contributed by atoms with Crippen molar-refractivity contribution in [1.29, 1.82) is 0 Å². The Morgan fingerprint density at radius 3 is 2.50 bits per heavy atom. The van der Waals surface area contributed by atoms with Crippen LogP contribution in [0.2, 0.25) is 0 Å². The molecule has 0 spiro atoms. The summed E-state index contributed by atoms with van der Waals surface area (Å²) >= 11 is 0. The van der Waals surface area contributed by atoms with Crippen molar-refractivity contribution in [3.8, 4) is 16.9 Å². The van der Waals surface area contributed by atoms with E-state index < -0.39 is 0 Å². The van der Waals surface area contributed by atoms with Gasteiger partial charge >= 0.3 is 0 Å². The van der Waals surface area contributed by atoms with E-state index in [1.54, 1.807) is 0 Å². The van der Waals surface area contributed by atoms with Crippen molar-refractivity contribution in [2.75, 3.05) is 11.4 Å². The highest BCUT2D eigenvalue weighted by Crippen LogP contribution is 2.48. The summed E-state index contributed by atoms with van der Waals surface area (Å²) in [5.74, 6) is 2.43. The Balaban J connectivity index is 1.41. The third kappa shape index (κ3) is 4.63. The van der Waals surface area contributed by atoms with E-state index in [0.29, 0.717) is 5.92 Å². The molecule has 2 nitrogen and oxygen atoms in total. The second-order valence-corrected chi connectivity index (χ2v) is 8.75. The Labute approximate surface area is 203 Å². The first-order valence-corrected chi connectivity index (χ1v) is 12.3. The molecule has 0 saturated heterocycles. The molecule has 3 aromatic rings. The molecule has 2 heteroatoms. The molecule has 1 aliphatic carbocycles. The summed E-state index contributed by atoms with van der Waals surface area (Å²) < 4.78 is 6.32. The fraction of sp³-hybridized carbons (Fsp3) is 0.188. The van der Waals surface area contributed by atoms with Gasteiger partial charge in [0, 0.05) is 35.0 Å². The smallest absolute Gasteiger partial charge is 0.138 e. The fourth-order valence-electron chi connectivity index (χ4n) is 4.66. The molecule has 1 atom stereocenters. The number of para-hydroxylation sites is 2. The first kappa shape index (κ1) is 22.0. The standard InChI is InChI=1S/C32H31NO/c1-2-3-4-5-6-12-24-33(26-14-8-7-9-15-26)27-22-20-25(21-23-27)28-17-13-18-30-29-16-10-11-19-31(29)34-32(28)30/h4-15,17-23,29H,2-3,16,24H2,1H3/b5-4-,12-6-. The van der Waals surface area contributed by atoms with Crippen LogP contribution in [0.15, 0.2) is 121 Å². The molecule has 1 aliphatic heterocycles. The second-order valence-electron chi connectivity index (χ2n) is 8.75. The molecule has 0 bridgehead atoms. The van der Waals surface area contributed by atoms with Crippen LogP contribution in [0.1, 0.15) is 37.7 Å². The van der Waals surface area contributed by atoms with Crippen molar-refractivity contribution in [2.24, 2.45) is 0 Å². The topological polar surface area (TPSA) is 12.5 Å². The zero-order chi connectivity index (χ0) is 23.2. The lowest BCUT2D eigenvalue weighted by Crippen LogP contribution is -2.16. The van der Waals surface area contributed by atoms with Gasteiger partial charge in [-0.1, -0.05) is 98.3 Å². The van der Waals surface area contributed by atoms with Crippen molar-refractivity contribution in [3.63, 3.8) is 0 Å². The van der Waals surface area contributed by atoms with Gasteiger partial charge in [0.15, 0.2) is 0 Å². The van der Waals surface area contributed by atoms with E-state index in [2.05, 4.69) is 127 Å². The molecule has 2 aliphatic rings. The summed E-state index contributed by atoms with van der Waals surface area (Å²) in [5, 5.41) is 0. The number of fused-ring (bicyclic) bond motifs is 3. The molecule has 0 fully saturated rings. The summed E-state index contributed by atoms with van der Waals surface area (Å²) in [6, 6.07) is 25.9. The van der Waals surface area contributed by atoms with Gasteiger partial charge in [0.2, 0.25) is 0 Å². The number of ether oxygens (including phenoxy) is 1. The molecule has 0 radical (unpaired) electrons. The fourth-order valence-corrected chi connectivity index (χ4v) is 4.66. The zero-order valence-corrected chi connectivity index (χ0v) is 19.7. The summed E-state index contributed by atoms with van der Waals surface area (Å²) in [5.41, 5.74) is 5.99. The number of hydrogen-bond acceptors (Lipinski definition) is 2. The van der Waals surface area contributed by atoms with Gasteiger partial charge in [-0.2, -0.15) is 0 Å². The lowest BCUT2D eigenvalue weighted by Gasteiger charge is -2.24. The number of hydrogen-bond donors (Lipinski definition) is 0. The van der Waals surface area contributed by atoms with Gasteiger partial charge in [-0.05, 0) is 48.7 Å². The number of benzene rings is 3. The monoisotopic (exact) mass is 445 g/mol. The Kier molecular flexibility index (Phi) is 6.76. The number of allylic oxidation sites excluding steroid dienone is 7. The van der Waals surface area contributed by atoms with Crippen LogP contribution in [-0.2, 0) is 0 Å². The number of nitrogens with zero attached hydrogens (tertiary/aromatic N) is 1. The molecule has 1 unspecified atom stereocenters. The van der Waals surface area contributed by atoms with E-state index in [4.69, 9.17) is 4.74 Å². The Bertz CT molecular complexity index is 1230. The Morgan fingerprint density at radius 2 is 1.68 bits per heavy atom. The molecule has 170 valence electrons. The van der Waals surface area contributed by atoms with Crippen molar-refractivity contribution in [3.05, 3.63) is 127 Å². The zero-order valence-electron chi connectivity index (χ0n) is 19.7. The van der Waals surface area contributed by atoms with E-state index in [1.807, 2.05) is 0 Å².